The number of carbonyl (C=O) groups excluding carboxylic acids is 2. The number of hydrogen-bond acceptors (Lipinski definition) is 4. The maximum Gasteiger partial charge on any atom is 0.277 e. The summed E-state index contributed by atoms with van der Waals surface area (Å²) in [5.41, 5.74) is 0.428. The van der Waals surface area contributed by atoms with Gasteiger partial charge in [-0.15, -0.1) is 0 Å². The average Bonchev–Trinajstić information content (AvgIpc) is 2.49. The molecule has 0 saturated carbocycles. The third kappa shape index (κ3) is 3.13. The number of carbonyl (C=O) groups is 2. The number of aliphatic imine (C=N–C) groups is 1. The Morgan fingerprint density at radius 3 is 2.36 bits per heavy atom. The molecular formula is C14H8Cl2N2O4. The van der Waals surface area contributed by atoms with E-state index in [0.717, 1.165) is 6.08 Å². The zero-order valence-electron chi connectivity index (χ0n) is 11.2. The Kier molecular flexibility index (Phi) is 4.54. The Balaban J connectivity index is 2.36. The van der Waals surface area contributed by atoms with Crippen LogP contribution in [0.3, 0.4) is 0 Å². The second-order valence-corrected chi connectivity index (χ2v) is 5.15. The Bertz CT molecular complexity index is 777. The number of nitro benzene ring substituents is 1. The monoisotopic (exact) mass is 338 g/mol. The SMILES string of the molecule is CC1=C(Cl)C(=O)C=C(Cl)C1=NC(=O)c1ccc([N+](=O)[O-])cc1. The summed E-state index contributed by atoms with van der Waals surface area (Å²) in [5, 5.41) is 10.5. The number of nitrogens with zero attached hydrogens (tertiary/aromatic N) is 2. The summed E-state index contributed by atoms with van der Waals surface area (Å²) in [6.45, 7) is 1.53. The van der Waals surface area contributed by atoms with Crippen LogP contribution in [0.5, 0.6) is 0 Å². The van der Waals surface area contributed by atoms with E-state index in [1.54, 1.807) is 0 Å². The maximum atomic E-state index is 12.1. The highest BCUT2D eigenvalue weighted by Crippen LogP contribution is 2.25. The van der Waals surface area contributed by atoms with Crippen molar-refractivity contribution in [2.45, 2.75) is 6.92 Å². The third-order valence-electron chi connectivity index (χ3n) is 2.92. The zero-order chi connectivity index (χ0) is 16.4. The van der Waals surface area contributed by atoms with Gasteiger partial charge in [0.05, 0.1) is 20.7 Å². The van der Waals surface area contributed by atoms with Gasteiger partial charge in [-0.05, 0) is 24.6 Å². The van der Waals surface area contributed by atoms with E-state index in [-0.39, 0.29) is 27.0 Å². The molecule has 1 amide bonds. The van der Waals surface area contributed by atoms with Crippen LogP contribution in [0.25, 0.3) is 0 Å². The lowest BCUT2D eigenvalue weighted by Crippen LogP contribution is -2.15. The highest BCUT2D eigenvalue weighted by molar-refractivity contribution is 6.56. The summed E-state index contributed by atoms with van der Waals surface area (Å²) < 4.78 is 0. The van der Waals surface area contributed by atoms with Crippen LogP contribution in [0, 0.1) is 10.1 Å². The molecule has 6 nitrogen and oxygen atoms in total. The molecule has 8 heteroatoms. The van der Waals surface area contributed by atoms with E-state index in [9.17, 15) is 19.7 Å². The molecule has 1 aromatic carbocycles. The molecule has 0 bridgehead atoms. The van der Waals surface area contributed by atoms with E-state index in [2.05, 4.69) is 4.99 Å². The summed E-state index contributed by atoms with van der Waals surface area (Å²) in [6.07, 6.45) is 1.08. The molecule has 0 unspecified atom stereocenters. The van der Waals surface area contributed by atoms with Crippen LogP contribution in [-0.4, -0.2) is 22.3 Å². The molecule has 1 aromatic rings. The summed E-state index contributed by atoms with van der Waals surface area (Å²) >= 11 is 11.7. The van der Waals surface area contributed by atoms with Gasteiger partial charge in [-0.1, -0.05) is 23.2 Å². The largest absolute Gasteiger partial charge is 0.288 e. The molecule has 0 fully saturated rings. The van der Waals surface area contributed by atoms with Gasteiger partial charge in [0.15, 0.2) is 5.78 Å². The molecule has 0 spiro atoms. The molecule has 0 saturated heterocycles. The summed E-state index contributed by atoms with van der Waals surface area (Å²) in [4.78, 5) is 37.4. The molecule has 0 heterocycles. The van der Waals surface area contributed by atoms with Gasteiger partial charge in [-0.25, -0.2) is 4.99 Å². The first-order valence-electron chi connectivity index (χ1n) is 5.97. The van der Waals surface area contributed by atoms with Crippen LogP contribution in [0.2, 0.25) is 0 Å². The zero-order valence-corrected chi connectivity index (χ0v) is 12.7. The lowest BCUT2D eigenvalue weighted by atomic mass is 10.0. The number of hydrogen-bond donors (Lipinski definition) is 0. The van der Waals surface area contributed by atoms with E-state index in [0.29, 0.717) is 5.57 Å². The predicted octanol–water partition coefficient (Wildman–Crippen LogP) is 3.39. The third-order valence-corrected chi connectivity index (χ3v) is 3.68. The van der Waals surface area contributed by atoms with Crippen molar-refractivity contribution in [3.05, 3.63) is 61.7 Å². The fourth-order valence-electron chi connectivity index (χ4n) is 1.74. The number of benzene rings is 1. The molecule has 2 rings (SSSR count). The fourth-order valence-corrected chi connectivity index (χ4v) is 2.17. The molecule has 1 aliphatic rings. The highest BCUT2D eigenvalue weighted by Gasteiger charge is 2.23. The van der Waals surface area contributed by atoms with Crippen molar-refractivity contribution in [2.75, 3.05) is 0 Å². The normalized spacial score (nSPS) is 16.8. The van der Waals surface area contributed by atoms with Gasteiger partial charge < -0.3 is 0 Å². The molecule has 1 aliphatic carbocycles. The minimum absolute atomic E-state index is 0.0159. The number of halogens is 2. The molecule has 0 aromatic heterocycles. The van der Waals surface area contributed by atoms with E-state index in [1.165, 1.54) is 31.2 Å². The quantitative estimate of drug-likeness (QED) is 0.469. The first-order chi connectivity index (χ1) is 10.3. The van der Waals surface area contributed by atoms with Crippen LogP contribution < -0.4 is 0 Å². The van der Waals surface area contributed by atoms with Crippen molar-refractivity contribution in [3.63, 3.8) is 0 Å². The number of rotatable bonds is 2. The minimum atomic E-state index is -0.644. The Morgan fingerprint density at radius 1 is 1.23 bits per heavy atom. The van der Waals surface area contributed by atoms with Gasteiger partial charge in [0, 0.05) is 23.8 Å². The van der Waals surface area contributed by atoms with Gasteiger partial charge in [-0.2, -0.15) is 0 Å². The number of allylic oxidation sites excluding steroid dienone is 4. The Hall–Kier alpha value is -2.31. The first kappa shape index (κ1) is 16.1. The Morgan fingerprint density at radius 2 is 1.82 bits per heavy atom. The summed E-state index contributed by atoms with van der Waals surface area (Å²) in [7, 11) is 0. The van der Waals surface area contributed by atoms with Crippen molar-refractivity contribution in [2.24, 2.45) is 4.99 Å². The highest BCUT2D eigenvalue weighted by atomic mass is 35.5. The van der Waals surface area contributed by atoms with Gasteiger partial charge in [0.25, 0.3) is 11.6 Å². The second kappa shape index (κ2) is 6.21. The molecule has 0 N–H and O–H groups in total. The van der Waals surface area contributed by atoms with Crippen molar-refractivity contribution < 1.29 is 14.5 Å². The van der Waals surface area contributed by atoms with Gasteiger partial charge in [0.2, 0.25) is 0 Å². The van der Waals surface area contributed by atoms with Gasteiger partial charge >= 0.3 is 0 Å². The van der Waals surface area contributed by atoms with Crippen molar-refractivity contribution in [1.82, 2.24) is 0 Å². The number of amides is 1. The minimum Gasteiger partial charge on any atom is -0.288 e. The van der Waals surface area contributed by atoms with E-state index in [1.807, 2.05) is 0 Å². The standard InChI is InChI=1S/C14H8Cl2N2O4/c1-7-12(16)11(19)6-10(15)13(7)17-14(20)8-2-4-9(5-3-8)18(21)22/h2-6H,1H3. The lowest BCUT2D eigenvalue weighted by molar-refractivity contribution is -0.384. The number of nitro groups is 1. The van der Waals surface area contributed by atoms with Gasteiger partial charge in [0.1, 0.15) is 0 Å². The first-order valence-corrected chi connectivity index (χ1v) is 6.73. The van der Waals surface area contributed by atoms with Crippen molar-refractivity contribution in [1.29, 1.82) is 0 Å². The van der Waals surface area contributed by atoms with E-state index < -0.39 is 16.6 Å². The predicted molar refractivity (Wildman–Crippen MR) is 82.4 cm³/mol. The molecule has 0 radical (unpaired) electrons. The molecule has 0 atom stereocenters. The number of non-ortho nitro benzene ring substituents is 1. The van der Waals surface area contributed by atoms with Crippen LogP contribution in [0.4, 0.5) is 5.69 Å². The smallest absolute Gasteiger partial charge is 0.277 e. The lowest BCUT2D eigenvalue weighted by Gasteiger charge is -2.12. The molecule has 112 valence electrons. The Labute approximate surface area is 134 Å². The fraction of sp³-hybridized carbons (Fsp3) is 0.0714. The van der Waals surface area contributed by atoms with Crippen LogP contribution in [0.1, 0.15) is 17.3 Å². The van der Waals surface area contributed by atoms with Gasteiger partial charge in [-0.3, -0.25) is 19.7 Å². The average molecular weight is 339 g/mol. The summed E-state index contributed by atoms with van der Waals surface area (Å²) in [6, 6.07) is 4.98. The summed E-state index contributed by atoms with van der Waals surface area (Å²) in [5.74, 6) is -1.10. The topological polar surface area (TPSA) is 89.6 Å². The van der Waals surface area contributed by atoms with E-state index in [4.69, 9.17) is 23.2 Å². The molecule has 22 heavy (non-hydrogen) atoms. The number of ketones is 1. The molecule has 0 aliphatic heterocycles. The van der Waals surface area contributed by atoms with Crippen LogP contribution in [0.15, 0.2) is 51.0 Å². The maximum absolute atomic E-state index is 12.1. The van der Waals surface area contributed by atoms with Crippen LogP contribution in [-0.2, 0) is 4.79 Å². The van der Waals surface area contributed by atoms with Crippen LogP contribution >= 0.6 is 23.2 Å². The van der Waals surface area contributed by atoms with E-state index >= 15 is 0 Å². The van der Waals surface area contributed by atoms with Crippen molar-refractivity contribution >= 4 is 46.3 Å². The second-order valence-electron chi connectivity index (χ2n) is 4.37. The van der Waals surface area contributed by atoms with Crippen molar-refractivity contribution in [3.8, 4) is 0 Å². The molecular weight excluding hydrogens is 331 g/mol.